The largest absolute Gasteiger partial charge is 0.460 e. The fourth-order valence-corrected chi connectivity index (χ4v) is 5.26. The van der Waals surface area contributed by atoms with Crippen LogP contribution in [0.1, 0.15) is 37.1 Å². The van der Waals surface area contributed by atoms with Gasteiger partial charge in [-0.25, -0.2) is 9.97 Å². The second-order valence-corrected chi connectivity index (χ2v) is 14.6. The number of pyridine rings is 2. The number of halogens is 34. The van der Waals surface area contributed by atoms with Crippen LogP contribution in [0.2, 0.25) is 0 Å². The Kier molecular flexibility index (Phi) is 17.3. The first-order valence-corrected chi connectivity index (χ1v) is 18.1. The van der Waals surface area contributed by atoms with E-state index in [4.69, 9.17) is 9.47 Å². The molecule has 0 saturated heterocycles. The molecular weight excluding hydrogens is 1110 g/mol. The normalized spacial score (nSPS) is 15.6. The summed E-state index contributed by atoms with van der Waals surface area (Å²) in [6, 6.07) is 6.41. The van der Waals surface area contributed by atoms with Crippen LogP contribution in [-0.2, 0) is 22.7 Å². The van der Waals surface area contributed by atoms with Crippen molar-refractivity contribution in [2.45, 2.75) is 134 Å². The Morgan fingerprint density at radius 1 is 0.292 bits per heavy atom. The van der Waals surface area contributed by atoms with Crippen molar-refractivity contribution in [3.63, 3.8) is 0 Å². The van der Waals surface area contributed by atoms with Crippen molar-refractivity contribution in [3.05, 3.63) is 47.8 Å². The van der Waals surface area contributed by atoms with E-state index in [9.17, 15) is 149 Å². The number of alkyl halides is 34. The van der Waals surface area contributed by atoms with E-state index in [1.807, 2.05) is 0 Å². The van der Waals surface area contributed by atoms with Crippen LogP contribution in [0.3, 0.4) is 0 Å². The van der Waals surface area contributed by atoms with Crippen molar-refractivity contribution in [2.24, 2.45) is 0 Å². The molecule has 0 unspecified atom stereocenters. The SMILES string of the molecule is FC(F)(F)C(F)(F)C(F)(F)C(F)(F)C(F)(F)C(F)(F)C(F)(F)C(F)(F)CCCOCc1cccc(-c2cccc(COCCCC(F)(F)C(F)(F)C(F)(F)C(F)(F)C(F)(F)C(F)(F)C(F)(F)C(F)(F)F)n2)n1. The molecule has 0 saturated carbocycles. The average Bonchev–Trinajstić information content (AvgIpc) is 3.21. The van der Waals surface area contributed by atoms with E-state index in [-0.39, 0.29) is 22.8 Å². The van der Waals surface area contributed by atoms with Crippen LogP contribution < -0.4 is 0 Å². The molecule has 0 fully saturated rings. The van der Waals surface area contributed by atoms with E-state index in [0.717, 1.165) is 36.4 Å². The summed E-state index contributed by atoms with van der Waals surface area (Å²) in [4.78, 5) is 7.74. The highest BCUT2D eigenvalue weighted by atomic mass is 19.4. The fourth-order valence-electron chi connectivity index (χ4n) is 5.26. The van der Waals surface area contributed by atoms with Gasteiger partial charge >= 0.3 is 95.3 Å². The van der Waals surface area contributed by atoms with Crippen molar-refractivity contribution >= 4 is 0 Å². The quantitative estimate of drug-likeness (QED) is 0.0734. The number of aromatic nitrogens is 2. The third kappa shape index (κ3) is 10.3. The van der Waals surface area contributed by atoms with E-state index < -0.39 is 147 Å². The van der Waals surface area contributed by atoms with E-state index in [1.54, 1.807) is 0 Å². The monoisotopic (exact) mass is 1140 g/mol. The number of hydrogen-bond donors (Lipinski definition) is 0. The van der Waals surface area contributed by atoms with Gasteiger partial charge < -0.3 is 9.47 Å². The Hall–Kier alpha value is -4.16. The van der Waals surface area contributed by atoms with Crippen molar-refractivity contribution < 1.29 is 159 Å². The first kappa shape index (κ1) is 64.0. The van der Waals surface area contributed by atoms with Gasteiger partial charge in [0.15, 0.2) is 0 Å². The first-order valence-electron chi connectivity index (χ1n) is 18.1. The van der Waals surface area contributed by atoms with E-state index in [2.05, 4.69) is 9.97 Å². The molecule has 38 heteroatoms. The van der Waals surface area contributed by atoms with E-state index in [0.29, 0.717) is 0 Å². The summed E-state index contributed by atoms with van der Waals surface area (Å²) in [5, 5.41) is 0. The van der Waals surface area contributed by atoms with Crippen molar-refractivity contribution in [3.8, 4) is 11.4 Å². The van der Waals surface area contributed by atoms with Crippen LogP contribution in [0.4, 0.5) is 149 Å². The molecule has 0 spiro atoms. The second kappa shape index (κ2) is 19.5. The number of nitrogens with zero attached hydrogens (tertiary/aromatic N) is 2. The summed E-state index contributed by atoms with van der Waals surface area (Å²) < 4.78 is 467. The Morgan fingerprint density at radius 3 is 0.750 bits per heavy atom. The van der Waals surface area contributed by atoms with Gasteiger partial charge in [0, 0.05) is 26.1 Å². The number of rotatable bonds is 25. The molecule has 0 aliphatic heterocycles. The minimum Gasteiger partial charge on any atom is -0.375 e. The molecule has 0 N–H and O–H groups in total. The van der Waals surface area contributed by atoms with Crippen molar-refractivity contribution in [1.82, 2.24) is 9.97 Å². The summed E-state index contributed by atoms with van der Waals surface area (Å²) in [5.41, 5.74) is -1.10. The van der Waals surface area contributed by atoms with Gasteiger partial charge in [-0.05, 0) is 37.1 Å². The third-order valence-electron chi connectivity index (χ3n) is 9.51. The molecule has 72 heavy (non-hydrogen) atoms. The highest BCUT2D eigenvalue weighted by Gasteiger charge is 2.96. The maximum atomic E-state index is 14.2. The van der Waals surface area contributed by atoms with E-state index in [1.165, 1.54) is 0 Å². The highest BCUT2D eigenvalue weighted by Crippen LogP contribution is 2.66. The van der Waals surface area contributed by atoms with Gasteiger partial charge in [0.1, 0.15) is 0 Å². The fraction of sp³-hybridized carbons (Fsp3) is 0.706. The maximum absolute atomic E-state index is 14.2. The van der Waals surface area contributed by atoms with E-state index >= 15 is 0 Å². The van der Waals surface area contributed by atoms with Crippen LogP contribution in [-0.4, -0.2) is 118 Å². The molecule has 418 valence electrons. The predicted octanol–water partition coefficient (Wildman–Crippen LogP) is 14.8. The molecule has 0 aliphatic rings. The first-order chi connectivity index (χ1) is 31.6. The lowest BCUT2D eigenvalue weighted by molar-refractivity contribution is -0.461. The van der Waals surface area contributed by atoms with Crippen LogP contribution in [0, 0.1) is 0 Å². The van der Waals surface area contributed by atoms with Gasteiger partial charge in [-0.3, -0.25) is 0 Å². The molecule has 2 rings (SSSR count). The zero-order valence-corrected chi connectivity index (χ0v) is 33.7. The highest BCUT2D eigenvalue weighted by molar-refractivity contribution is 5.54. The van der Waals surface area contributed by atoms with Crippen LogP contribution in [0.15, 0.2) is 36.4 Å². The lowest BCUT2D eigenvalue weighted by Crippen LogP contribution is -2.74. The molecule has 2 aromatic rings. The minimum absolute atomic E-state index is 0.243. The zero-order chi connectivity index (χ0) is 57.0. The average molecular weight is 1140 g/mol. The lowest BCUT2D eigenvalue weighted by Gasteiger charge is -2.42. The molecule has 4 nitrogen and oxygen atoms in total. The minimum atomic E-state index is -8.81. The van der Waals surface area contributed by atoms with Crippen molar-refractivity contribution in [2.75, 3.05) is 13.2 Å². The Bertz CT molecular complexity index is 2000. The van der Waals surface area contributed by atoms with Gasteiger partial charge in [0.05, 0.1) is 36.0 Å². The Morgan fingerprint density at radius 2 is 0.514 bits per heavy atom. The zero-order valence-electron chi connectivity index (χ0n) is 33.7. The predicted molar refractivity (Wildman–Crippen MR) is 167 cm³/mol. The number of hydrogen-bond acceptors (Lipinski definition) is 4. The van der Waals surface area contributed by atoms with Crippen LogP contribution >= 0.6 is 0 Å². The molecule has 0 aromatic carbocycles. The summed E-state index contributed by atoms with van der Waals surface area (Å²) >= 11 is 0. The van der Waals surface area contributed by atoms with Gasteiger partial charge in [-0.15, -0.1) is 0 Å². The molecule has 0 aliphatic carbocycles. The summed E-state index contributed by atoms with van der Waals surface area (Å²) in [6.07, 6.45) is -24.8. The molecule has 0 radical (unpaired) electrons. The molecule has 2 heterocycles. The molecule has 0 bridgehead atoms. The van der Waals surface area contributed by atoms with Gasteiger partial charge in [0.2, 0.25) is 0 Å². The van der Waals surface area contributed by atoms with Gasteiger partial charge in [0.25, 0.3) is 0 Å². The molecule has 2 aromatic heterocycles. The van der Waals surface area contributed by atoms with Crippen molar-refractivity contribution in [1.29, 1.82) is 0 Å². The smallest absolute Gasteiger partial charge is 0.375 e. The summed E-state index contributed by atoms with van der Waals surface area (Å²) in [5.74, 6) is -115. The van der Waals surface area contributed by atoms with Crippen LogP contribution in [0.5, 0.6) is 0 Å². The summed E-state index contributed by atoms with van der Waals surface area (Å²) in [6.45, 7) is -4.43. The lowest BCUT2D eigenvalue weighted by atomic mass is 9.88. The summed E-state index contributed by atoms with van der Waals surface area (Å²) in [7, 11) is 0. The van der Waals surface area contributed by atoms with Gasteiger partial charge in [-0.1, -0.05) is 12.1 Å². The topological polar surface area (TPSA) is 44.2 Å². The molecular formula is C34H22F34N2O2. The molecule has 0 atom stereocenters. The van der Waals surface area contributed by atoms with Crippen LogP contribution in [0.25, 0.3) is 11.4 Å². The second-order valence-electron chi connectivity index (χ2n) is 14.6. The Labute approximate surface area is 376 Å². The maximum Gasteiger partial charge on any atom is 0.460 e. The van der Waals surface area contributed by atoms with Gasteiger partial charge in [-0.2, -0.15) is 149 Å². The molecule has 0 amide bonds. The standard InChI is InChI=1S/C34H22F34N2O2/c35-19(36,21(39,40)23(43,44)25(47,48)27(51,52)29(55,56)31(59,60)33(63,64)65)9-3-11-71-13-15-5-1-7-17(69-15)18-8-2-6-16(70-18)14-72-12-4-10-20(37,38)22(41,42)24(45,46)26(49,50)28(53,54)30(57,58)32(61,62)34(66,67)68/h1-2,5-8H,3-4,9-14H2. The Balaban J connectivity index is 2.09. The third-order valence-corrected chi connectivity index (χ3v) is 9.51. The number of ether oxygens (including phenoxy) is 2.